The van der Waals surface area contributed by atoms with Crippen molar-refractivity contribution in [2.45, 2.75) is 18.5 Å². The number of nitrogens with zero attached hydrogens (tertiary/aromatic N) is 1. The molecule has 1 fully saturated rings. The molecule has 3 aromatic rings. The summed E-state index contributed by atoms with van der Waals surface area (Å²) in [5, 5.41) is 0. The maximum Gasteiger partial charge on any atom is 0.233 e. The van der Waals surface area contributed by atoms with Gasteiger partial charge in [-0.05, 0) is 41.0 Å². The first-order chi connectivity index (χ1) is 15.6. The SMILES string of the molecule is COc1ccc([C@@H]2[C@@H](c3ccccc3)C(=O)N2Cc2cc(OC)c(OC)c(OC)c2)cc1. The van der Waals surface area contributed by atoms with Crippen LogP contribution in [0.3, 0.4) is 0 Å². The van der Waals surface area contributed by atoms with Crippen LogP contribution in [-0.4, -0.2) is 39.2 Å². The molecule has 6 nitrogen and oxygen atoms in total. The van der Waals surface area contributed by atoms with Gasteiger partial charge in [0.15, 0.2) is 11.5 Å². The molecule has 32 heavy (non-hydrogen) atoms. The molecule has 6 heteroatoms. The summed E-state index contributed by atoms with van der Waals surface area (Å²) >= 11 is 0. The first kappa shape index (κ1) is 21.6. The van der Waals surface area contributed by atoms with Crippen molar-refractivity contribution in [3.05, 3.63) is 83.4 Å². The van der Waals surface area contributed by atoms with Crippen molar-refractivity contribution in [1.29, 1.82) is 0 Å². The summed E-state index contributed by atoms with van der Waals surface area (Å²) in [6, 6.07) is 21.5. The van der Waals surface area contributed by atoms with Crippen LogP contribution in [0.15, 0.2) is 66.7 Å². The van der Waals surface area contributed by atoms with Gasteiger partial charge in [-0.1, -0.05) is 42.5 Å². The van der Waals surface area contributed by atoms with E-state index in [1.807, 2.05) is 71.6 Å². The second kappa shape index (κ2) is 9.22. The van der Waals surface area contributed by atoms with E-state index in [9.17, 15) is 4.79 Å². The maximum absolute atomic E-state index is 13.3. The molecule has 0 unspecified atom stereocenters. The van der Waals surface area contributed by atoms with Gasteiger partial charge in [-0.25, -0.2) is 0 Å². The molecular weight excluding hydrogens is 406 g/mol. The van der Waals surface area contributed by atoms with Crippen LogP contribution in [0.2, 0.25) is 0 Å². The number of methoxy groups -OCH3 is 4. The molecule has 0 saturated carbocycles. The number of ether oxygens (including phenoxy) is 4. The Hall–Kier alpha value is -3.67. The number of rotatable bonds is 8. The van der Waals surface area contributed by atoms with Crippen molar-refractivity contribution in [2.24, 2.45) is 0 Å². The van der Waals surface area contributed by atoms with E-state index in [2.05, 4.69) is 0 Å². The van der Waals surface area contributed by atoms with Gasteiger partial charge < -0.3 is 23.8 Å². The molecule has 1 saturated heterocycles. The lowest BCUT2D eigenvalue weighted by Gasteiger charge is -2.48. The highest BCUT2D eigenvalue weighted by Gasteiger charge is 2.48. The quantitative estimate of drug-likeness (QED) is 0.487. The lowest BCUT2D eigenvalue weighted by molar-refractivity contribution is -0.151. The summed E-state index contributed by atoms with van der Waals surface area (Å²) in [6.07, 6.45) is 0. The lowest BCUT2D eigenvalue weighted by Crippen LogP contribution is -2.52. The van der Waals surface area contributed by atoms with Crippen LogP contribution >= 0.6 is 0 Å². The van der Waals surface area contributed by atoms with E-state index in [1.165, 1.54) is 0 Å². The molecule has 3 aromatic carbocycles. The van der Waals surface area contributed by atoms with Crippen LogP contribution in [0, 0.1) is 0 Å². The van der Waals surface area contributed by atoms with Gasteiger partial charge in [0.25, 0.3) is 0 Å². The molecule has 1 heterocycles. The van der Waals surface area contributed by atoms with E-state index in [0.29, 0.717) is 23.8 Å². The van der Waals surface area contributed by atoms with Gasteiger partial charge in [0.05, 0.1) is 40.4 Å². The van der Waals surface area contributed by atoms with Crippen molar-refractivity contribution < 1.29 is 23.7 Å². The second-order valence-electron chi connectivity index (χ2n) is 7.61. The summed E-state index contributed by atoms with van der Waals surface area (Å²) in [5.74, 6) is 2.30. The van der Waals surface area contributed by atoms with Crippen LogP contribution < -0.4 is 18.9 Å². The maximum atomic E-state index is 13.3. The molecule has 1 aliphatic rings. The average molecular weight is 434 g/mol. The van der Waals surface area contributed by atoms with Gasteiger partial charge in [0, 0.05) is 6.54 Å². The van der Waals surface area contributed by atoms with Crippen molar-refractivity contribution in [3.8, 4) is 23.0 Å². The fourth-order valence-corrected chi connectivity index (χ4v) is 4.31. The minimum absolute atomic E-state index is 0.0881. The monoisotopic (exact) mass is 433 g/mol. The third kappa shape index (κ3) is 3.84. The lowest BCUT2D eigenvalue weighted by atomic mass is 9.77. The van der Waals surface area contributed by atoms with Crippen LogP contribution in [0.1, 0.15) is 28.7 Å². The molecule has 0 aromatic heterocycles. The van der Waals surface area contributed by atoms with Gasteiger partial charge in [0.2, 0.25) is 11.7 Å². The largest absolute Gasteiger partial charge is 0.497 e. The van der Waals surface area contributed by atoms with Gasteiger partial charge in [-0.3, -0.25) is 4.79 Å². The average Bonchev–Trinajstić information content (AvgIpc) is 2.85. The highest BCUT2D eigenvalue weighted by atomic mass is 16.5. The Morgan fingerprint density at radius 3 is 1.91 bits per heavy atom. The zero-order chi connectivity index (χ0) is 22.7. The van der Waals surface area contributed by atoms with Crippen LogP contribution in [-0.2, 0) is 11.3 Å². The number of β-lactam (4-membered cyclic amide) rings is 1. The standard InChI is InChI=1S/C26H27NO5/c1-29-20-12-10-19(11-13-20)24-23(18-8-6-5-7-9-18)26(28)27(24)16-17-14-21(30-2)25(32-4)22(15-17)31-3/h5-15,23-24H,16H2,1-4H3/t23-,24-/m1/s1. The first-order valence-corrected chi connectivity index (χ1v) is 10.4. The van der Waals surface area contributed by atoms with E-state index < -0.39 is 0 Å². The predicted molar refractivity (Wildman–Crippen MR) is 122 cm³/mol. The number of carbonyl (C=O) groups excluding carboxylic acids is 1. The molecule has 2 atom stereocenters. The fourth-order valence-electron chi connectivity index (χ4n) is 4.31. The van der Waals surface area contributed by atoms with Crippen molar-refractivity contribution in [2.75, 3.05) is 28.4 Å². The van der Waals surface area contributed by atoms with E-state index in [0.717, 1.165) is 22.4 Å². The van der Waals surface area contributed by atoms with E-state index in [-0.39, 0.29) is 17.9 Å². The van der Waals surface area contributed by atoms with E-state index >= 15 is 0 Å². The fraction of sp³-hybridized carbons (Fsp3) is 0.269. The molecule has 0 radical (unpaired) electrons. The number of benzene rings is 3. The highest BCUT2D eigenvalue weighted by molar-refractivity contribution is 5.91. The molecule has 0 aliphatic carbocycles. The minimum atomic E-state index is -0.230. The van der Waals surface area contributed by atoms with Gasteiger partial charge in [0.1, 0.15) is 5.75 Å². The normalized spacial score (nSPS) is 17.5. The summed E-state index contributed by atoms with van der Waals surface area (Å²) in [7, 11) is 6.39. The zero-order valence-electron chi connectivity index (χ0n) is 18.7. The molecule has 1 aliphatic heterocycles. The van der Waals surface area contributed by atoms with Crippen molar-refractivity contribution in [3.63, 3.8) is 0 Å². The number of hydrogen-bond donors (Lipinski definition) is 0. The molecule has 1 amide bonds. The molecule has 0 N–H and O–H groups in total. The topological polar surface area (TPSA) is 57.2 Å². The third-order valence-electron chi connectivity index (χ3n) is 5.89. The minimum Gasteiger partial charge on any atom is -0.497 e. The second-order valence-corrected chi connectivity index (χ2v) is 7.61. The number of likely N-dealkylation sites (tertiary alicyclic amines) is 1. The highest BCUT2D eigenvalue weighted by Crippen LogP contribution is 2.48. The number of amides is 1. The number of carbonyl (C=O) groups is 1. The Kier molecular flexibility index (Phi) is 6.21. The van der Waals surface area contributed by atoms with Crippen molar-refractivity contribution in [1.82, 2.24) is 4.90 Å². The van der Waals surface area contributed by atoms with Crippen molar-refractivity contribution >= 4 is 5.91 Å². The molecule has 0 bridgehead atoms. The summed E-state index contributed by atoms with van der Waals surface area (Å²) in [5.41, 5.74) is 2.98. The van der Waals surface area contributed by atoms with Crippen LogP contribution in [0.5, 0.6) is 23.0 Å². The zero-order valence-corrected chi connectivity index (χ0v) is 18.7. The Bertz CT molecular complexity index is 1060. The molecule has 0 spiro atoms. The molecular formula is C26H27NO5. The van der Waals surface area contributed by atoms with Crippen LogP contribution in [0.4, 0.5) is 0 Å². The van der Waals surface area contributed by atoms with Gasteiger partial charge >= 0.3 is 0 Å². The van der Waals surface area contributed by atoms with Crippen LogP contribution in [0.25, 0.3) is 0 Å². The molecule has 166 valence electrons. The van der Waals surface area contributed by atoms with Gasteiger partial charge in [-0.2, -0.15) is 0 Å². The first-order valence-electron chi connectivity index (χ1n) is 10.4. The summed E-state index contributed by atoms with van der Waals surface area (Å²) in [4.78, 5) is 15.2. The Morgan fingerprint density at radius 1 is 0.750 bits per heavy atom. The number of hydrogen-bond acceptors (Lipinski definition) is 5. The summed E-state index contributed by atoms with van der Waals surface area (Å²) in [6.45, 7) is 0.426. The smallest absolute Gasteiger partial charge is 0.233 e. The third-order valence-corrected chi connectivity index (χ3v) is 5.89. The van der Waals surface area contributed by atoms with E-state index in [1.54, 1.807) is 28.4 Å². The van der Waals surface area contributed by atoms with E-state index in [4.69, 9.17) is 18.9 Å². The molecule has 4 rings (SSSR count). The Labute approximate surface area is 188 Å². The Balaban J connectivity index is 1.70. The predicted octanol–water partition coefficient (Wildman–Crippen LogP) is 4.59. The van der Waals surface area contributed by atoms with Gasteiger partial charge in [-0.15, -0.1) is 0 Å². The summed E-state index contributed by atoms with van der Waals surface area (Å²) < 4.78 is 21.7. The Morgan fingerprint density at radius 2 is 1.38 bits per heavy atom.